The van der Waals surface area contributed by atoms with Crippen molar-refractivity contribution < 1.29 is 18.8 Å². The number of amides is 1. The molecule has 9 nitrogen and oxygen atoms in total. The second kappa shape index (κ2) is 9.37. The Morgan fingerprint density at radius 2 is 2.03 bits per heavy atom. The van der Waals surface area contributed by atoms with Crippen LogP contribution in [0.4, 0.5) is 15.9 Å². The number of nitrogens with zero attached hydrogens (tertiary/aromatic N) is 5. The van der Waals surface area contributed by atoms with Crippen molar-refractivity contribution in [2.24, 2.45) is 0 Å². The Labute approximate surface area is 193 Å². The van der Waals surface area contributed by atoms with Gasteiger partial charge in [0.1, 0.15) is 12.1 Å². The molecule has 33 heavy (non-hydrogen) atoms. The molecule has 1 saturated heterocycles. The van der Waals surface area contributed by atoms with Gasteiger partial charge < -0.3 is 14.5 Å². The number of carbonyl (C=O) groups excluding carboxylic acids is 1. The van der Waals surface area contributed by atoms with E-state index in [9.17, 15) is 19.3 Å². The fourth-order valence-corrected chi connectivity index (χ4v) is 3.77. The van der Waals surface area contributed by atoms with Crippen LogP contribution in [0, 0.1) is 15.9 Å². The maximum Gasteiger partial charge on any atom is 0.270 e. The van der Waals surface area contributed by atoms with E-state index in [2.05, 4.69) is 9.97 Å². The second-order valence-corrected chi connectivity index (χ2v) is 7.93. The second-order valence-electron chi connectivity index (χ2n) is 7.49. The van der Waals surface area contributed by atoms with Gasteiger partial charge in [-0.3, -0.25) is 14.9 Å². The number of carbonyl (C=O) groups is 1. The Balaban J connectivity index is 1.45. The molecular formula is C22H19ClFN5O4. The summed E-state index contributed by atoms with van der Waals surface area (Å²) in [5, 5.41) is 11.3. The van der Waals surface area contributed by atoms with Crippen LogP contribution in [0.15, 0.2) is 54.9 Å². The molecule has 170 valence electrons. The molecule has 1 aliphatic rings. The molecule has 1 amide bonds. The third-order valence-corrected chi connectivity index (χ3v) is 5.49. The van der Waals surface area contributed by atoms with E-state index in [0.717, 1.165) is 6.07 Å². The van der Waals surface area contributed by atoms with E-state index in [0.29, 0.717) is 25.5 Å². The maximum absolute atomic E-state index is 14.0. The zero-order valence-electron chi connectivity index (χ0n) is 17.5. The van der Waals surface area contributed by atoms with E-state index in [1.165, 1.54) is 36.7 Å². The number of nitro benzene ring substituents is 1. The van der Waals surface area contributed by atoms with Crippen molar-refractivity contribution in [1.82, 2.24) is 14.9 Å². The lowest BCUT2D eigenvalue weighted by Gasteiger charge is -2.40. The Morgan fingerprint density at radius 1 is 1.21 bits per heavy atom. The van der Waals surface area contributed by atoms with Crippen molar-refractivity contribution in [3.05, 3.63) is 81.4 Å². The summed E-state index contributed by atoms with van der Waals surface area (Å²) in [6, 6.07) is 11.2. The number of rotatable bonds is 5. The molecule has 0 radical (unpaired) electrons. The highest BCUT2D eigenvalue weighted by Crippen LogP contribution is 2.28. The molecular weight excluding hydrogens is 453 g/mol. The molecule has 0 N–H and O–H groups in total. The molecule has 1 fully saturated rings. The summed E-state index contributed by atoms with van der Waals surface area (Å²) >= 11 is 5.77. The standard InChI is InChI=1S/C22H19ClFN5O4/c1-14-12-27(7-8-28(14)22(30)15-3-2-4-17(9-15)29(31)32)20-11-21(26-13-25-20)33-19-6-5-16(23)10-18(19)24/h2-6,9-11,13-14H,7-8,12H2,1H3. The number of nitro groups is 1. The van der Waals surface area contributed by atoms with Gasteiger partial charge in [-0.15, -0.1) is 0 Å². The van der Waals surface area contributed by atoms with Crippen LogP contribution in [0.3, 0.4) is 0 Å². The molecule has 4 rings (SSSR count). The Hall–Kier alpha value is -3.79. The Bertz CT molecular complexity index is 1210. The number of piperazine rings is 1. The minimum atomic E-state index is -0.607. The first-order valence-corrected chi connectivity index (χ1v) is 10.4. The number of non-ortho nitro benzene ring substituents is 1. The lowest BCUT2D eigenvalue weighted by Crippen LogP contribution is -2.54. The summed E-state index contributed by atoms with van der Waals surface area (Å²) in [6.07, 6.45) is 1.32. The van der Waals surface area contributed by atoms with Crippen molar-refractivity contribution in [2.45, 2.75) is 13.0 Å². The van der Waals surface area contributed by atoms with Crippen molar-refractivity contribution >= 4 is 29.0 Å². The molecule has 1 unspecified atom stereocenters. The van der Waals surface area contributed by atoms with E-state index >= 15 is 0 Å². The first kappa shape index (κ1) is 22.4. The summed E-state index contributed by atoms with van der Waals surface area (Å²) < 4.78 is 19.6. The summed E-state index contributed by atoms with van der Waals surface area (Å²) in [4.78, 5) is 35.4. The maximum atomic E-state index is 14.0. The van der Waals surface area contributed by atoms with Gasteiger partial charge in [0.25, 0.3) is 11.6 Å². The quantitative estimate of drug-likeness (QED) is 0.403. The molecule has 1 aliphatic heterocycles. The number of anilines is 1. The fourth-order valence-electron chi connectivity index (χ4n) is 3.62. The van der Waals surface area contributed by atoms with Gasteiger partial charge in [0.05, 0.1) is 4.92 Å². The predicted octanol–water partition coefficient (Wildman–Crippen LogP) is 4.32. The Morgan fingerprint density at radius 3 is 2.76 bits per heavy atom. The van der Waals surface area contributed by atoms with Gasteiger partial charge in [0, 0.05) is 54.5 Å². The number of aromatic nitrogens is 2. The van der Waals surface area contributed by atoms with Crippen LogP contribution in [0.25, 0.3) is 0 Å². The van der Waals surface area contributed by atoms with Crippen molar-refractivity contribution in [3.8, 4) is 11.6 Å². The van der Waals surface area contributed by atoms with Crippen molar-refractivity contribution in [1.29, 1.82) is 0 Å². The molecule has 3 aromatic rings. The molecule has 0 aliphatic carbocycles. The molecule has 1 atom stereocenters. The minimum absolute atomic E-state index is 0.00946. The van der Waals surface area contributed by atoms with Gasteiger partial charge in [0.2, 0.25) is 5.88 Å². The molecule has 0 spiro atoms. The first-order valence-electron chi connectivity index (χ1n) is 10.1. The van der Waals surface area contributed by atoms with Crippen LogP contribution in [0.5, 0.6) is 11.6 Å². The van der Waals surface area contributed by atoms with Crippen LogP contribution in [0.1, 0.15) is 17.3 Å². The highest BCUT2D eigenvalue weighted by Gasteiger charge is 2.29. The normalized spacial score (nSPS) is 15.9. The molecule has 2 aromatic carbocycles. The average Bonchev–Trinajstić information content (AvgIpc) is 2.80. The third-order valence-electron chi connectivity index (χ3n) is 5.25. The van der Waals surface area contributed by atoms with Crippen LogP contribution >= 0.6 is 11.6 Å². The molecule has 1 aromatic heterocycles. The van der Waals surface area contributed by atoms with E-state index in [1.54, 1.807) is 17.0 Å². The highest BCUT2D eigenvalue weighted by molar-refractivity contribution is 6.30. The fraction of sp³-hybridized carbons (Fsp3) is 0.227. The van der Waals surface area contributed by atoms with E-state index < -0.39 is 10.7 Å². The number of hydrogen-bond donors (Lipinski definition) is 0. The zero-order chi connectivity index (χ0) is 23.5. The van der Waals surface area contributed by atoms with E-state index in [-0.39, 0.29) is 39.9 Å². The largest absolute Gasteiger partial charge is 0.436 e. The number of benzene rings is 2. The summed E-state index contributed by atoms with van der Waals surface area (Å²) in [5.74, 6) is -0.141. The van der Waals surface area contributed by atoms with Gasteiger partial charge in [-0.2, -0.15) is 0 Å². The summed E-state index contributed by atoms with van der Waals surface area (Å²) in [5.41, 5.74) is 0.144. The molecule has 11 heteroatoms. The van der Waals surface area contributed by atoms with Crippen LogP contribution in [0.2, 0.25) is 5.02 Å². The van der Waals surface area contributed by atoms with Gasteiger partial charge >= 0.3 is 0 Å². The monoisotopic (exact) mass is 471 g/mol. The van der Waals surface area contributed by atoms with Crippen molar-refractivity contribution in [3.63, 3.8) is 0 Å². The molecule has 2 heterocycles. The SMILES string of the molecule is CC1CN(c2cc(Oc3ccc(Cl)cc3F)ncn2)CCN1C(=O)c1cccc([N+](=O)[O-])c1. The lowest BCUT2D eigenvalue weighted by atomic mass is 10.1. The highest BCUT2D eigenvalue weighted by atomic mass is 35.5. The molecule has 0 bridgehead atoms. The average molecular weight is 472 g/mol. The van der Waals surface area contributed by atoms with Crippen LogP contribution in [-0.2, 0) is 0 Å². The summed E-state index contributed by atoms with van der Waals surface area (Å²) in [7, 11) is 0. The Kier molecular flexibility index (Phi) is 6.36. The van der Waals surface area contributed by atoms with Crippen LogP contribution < -0.4 is 9.64 Å². The number of hydrogen-bond acceptors (Lipinski definition) is 7. The lowest BCUT2D eigenvalue weighted by molar-refractivity contribution is -0.384. The first-order chi connectivity index (χ1) is 15.8. The van der Waals surface area contributed by atoms with Gasteiger partial charge in [-0.1, -0.05) is 17.7 Å². The van der Waals surface area contributed by atoms with Gasteiger partial charge in [-0.25, -0.2) is 14.4 Å². The van der Waals surface area contributed by atoms with Crippen LogP contribution in [-0.4, -0.2) is 51.4 Å². The van der Waals surface area contributed by atoms with E-state index in [4.69, 9.17) is 16.3 Å². The predicted molar refractivity (Wildman–Crippen MR) is 119 cm³/mol. The smallest absolute Gasteiger partial charge is 0.270 e. The molecule has 0 saturated carbocycles. The van der Waals surface area contributed by atoms with Gasteiger partial charge in [0.15, 0.2) is 11.6 Å². The third kappa shape index (κ3) is 5.01. The van der Waals surface area contributed by atoms with E-state index in [1.807, 2.05) is 11.8 Å². The number of halogens is 2. The van der Waals surface area contributed by atoms with Gasteiger partial charge in [-0.05, 0) is 31.2 Å². The number of ether oxygens (including phenoxy) is 1. The summed E-state index contributed by atoms with van der Waals surface area (Å²) in [6.45, 7) is 3.25. The topological polar surface area (TPSA) is 102 Å². The zero-order valence-corrected chi connectivity index (χ0v) is 18.3. The van der Waals surface area contributed by atoms with Crippen molar-refractivity contribution in [2.75, 3.05) is 24.5 Å². The minimum Gasteiger partial charge on any atom is -0.436 e.